The maximum absolute atomic E-state index is 14.3. The standard InChI is InChI=1S/C36H49N5O4/c1-24(2)41-22-32(20-39-41)31-16-17-38-34(19-31)40(35(42)29-12-8-27(9-13-29)23-45-36(43)37-4)21-26-6-10-28(11-7-26)30-14-15-33(44-5)25(3)18-30/h14-20,22,24,26-29H,6-13,21,23H2,1-5H3,(H,37,43). The maximum atomic E-state index is 14.3. The fraction of sp³-hybridized carbons (Fsp3) is 0.556. The topological polar surface area (TPSA) is 98.6 Å². The van der Waals surface area contributed by atoms with Crippen LogP contribution in [0.25, 0.3) is 11.1 Å². The van der Waals surface area contributed by atoms with E-state index < -0.39 is 6.09 Å². The van der Waals surface area contributed by atoms with Crippen LogP contribution in [0.5, 0.6) is 5.75 Å². The predicted molar refractivity (Wildman–Crippen MR) is 176 cm³/mol. The van der Waals surface area contributed by atoms with Gasteiger partial charge in [0.05, 0.1) is 19.9 Å². The normalized spacial score (nSPS) is 21.7. The van der Waals surface area contributed by atoms with Gasteiger partial charge in [-0.25, -0.2) is 9.78 Å². The number of methoxy groups -OCH3 is 1. The third-order valence-corrected chi connectivity index (χ3v) is 9.78. The number of benzene rings is 1. The molecule has 2 heterocycles. The molecule has 5 rings (SSSR count). The Morgan fingerprint density at radius 2 is 1.73 bits per heavy atom. The summed E-state index contributed by atoms with van der Waals surface area (Å²) in [7, 11) is 3.29. The lowest BCUT2D eigenvalue weighted by atomic mass is 9.78. The van der Waals surface area contributed by atoms with E-state index in [4.69, 9.17) is 14.5 Å². The number of nitrogens with zero attached hydrogens (tertiary/aromatic N) is 4. The Morgan fingerprint density at radius 1 is 1.00 bits per heavy atom. The number of carbonyl (C=O) groups is 2. The first-order valence-corrected chi connectivity index (χ1v) is 16.6. The summed E-state index contributed by atoms with van der Waals surface area (Å²) in [6.07, 6.45) is 13.0. The molecule has 0 spiro atoms. The molecule has 9 heteroatoms. The van der Waals surface area contributed by atoms with E-state index in [0.29, 0.717) is 30.8 Å². The Balaban J connectivity index is 1.30. The van der Waals surface area contributed by atoms with Crippen LogP contribution in [0.4, 0.5) is 10.6 Å². The lowest BCUT2D eigenvalue weighted by molar-refractivity contribution is -0.124. The van der Waals surface area contributed by atoms with Crippen molar-refractivity contribution in [3.05, 3.63) is 60.0 Å². The average molecular weight is 616 g/mol. The molecule has 0 aliphatic heterocycles. The van der Waals surface area contributed by atoms with E-state index in [0.717, 1.165) is 68.2 Å². The van der Waals surface area contributed by atoms with Crippen molar-refractivity contribution >= 4 is 17.8 Å². The third kappa shape index (κ3) is 8.05. The smallest absolute Gasteiger partial charge is 0.406 e. The molecular weight excluding hydrogens is 566 g/mol. The van der Waals surface area contributed by atoms with Crippen LogP contribution in [0, 0.1) is 24.7 Å². The molecule has 2 aliphatic carbocycles. The predicted octanol–water partition coefficient (Wildman–Crippen LogP) is 7.31. The average Bonchev–Trinajstić information content (AvgIpc) is 3.57. The van der Waals surface area contributed by atoms with Crippen LogP contribution < -0.4 is 15.0 Å². The zero-order chi connectivity index (χ0) is 31.9. The molecule has 2 saturated carbocycles. The van der Waals surface area contributed by atoms with Gasteiger partial charge in [-0.3, -0.25) is 14.4 Å². The minimum atomic E-state index is -0.402. The highest BCUT2D eigenvalue weighted by atomic mass is 16.5. The molecular formula is C36H49N5O4. The van der Waals surface area contributed by atoms with Crippen LogP contribution in [-0.4, -0.2) is 54.1 Å². The highest BCUT2D eigenvalue weighted by molar-refractivity contribution is 5.94. The minimum Gasteiger partial charge on any atom is -0.496 e. The first kappa shape index (κ1) is 32.5. The van der Waals surface area contributed by atoms with Gasteiger partial charge in [0.15, 0.2) is 0 Å². The number of anilines is 1. The van der Waals surface area contributed by atoms with Crippen molar-refractivity contribution < 1.29 is 19.1 Å². The van der Waals surface area contributed by atoms with Gasteiger partial charge < -0.3 is 14.8 Å². The van der Waals surface area contributed by atoms with Crippen molar-refractivity contribution in [2.45, 2.75) is 84.1 Å². The molecule has 2 amide bonds. The second kappa shape index (κ2) is 14.9. The molecule has 1 N–H and O–H groups in total. The maximum Gasteiger partial charge on any atom is 0.406 e. The third-order valence-electron chi connectivity index (χ3n) is 9.78. The molecule has 0 bridgehead atoms. The van der Waals surface area contributed by atoms with E-state index in [1.54, 1.807) is 14.2 Å². The molecule has 45 heavy (non-hydrogen) atoms. The van der Waals surface area contributed by atoms with Crippen molar-refractivity contribution in [1.82, 2.24) is 20.1 Å². The Hall–Kier alpha value is -3.88. The highest BCUT2D eigenvalue weighted by Crippen LogP contribution is 2.39. The zero-order valence-electron chi connectivity index (χ0n) is 27.5. The number of pyridine rings is 1. The number of aromatic nitrogens is 3. The number of hydrogen-bond acceptors (Lipinski definition) is 6. The highest BCUT2D eigenvalue weighted by Gasteiger charge is 2.33. The van der Waals surface area contributed by atoms with Gasteiger partial charge in [-0.1, -0.05) is 12.1 Å². The first-order valence-electron chi connectivity index (χ1n) is 16.6. The van der Waals surface area contributed by atoms with E-state index >= 15 is 0 Å². The summed E-state index contributed by atoms with van der Waals surface area (Å²) in [4.78, 5) is 32.6. The summed E-state index contributed by atoms with van der Waals surface area (Å²) in [5, 5.41) is 7.03. The zero-order valence-corrected chi connectivity index (χ0v) is 27.5. The monoisotopic (exact) mass is 615 g/mol. The number of ether oxygens (including phenoxy) is 2. The Morgan fingerprint density at radius 3 is 2.38 bits per heavy atom. The molecule has 2 fully saturated rings. The van der Waals surface area contributed by atoms with E-state index in [1.165, 1.54) is 11.1 Å². The molecule has 9 nitrogen and oxygen atoms in total. The Labute approximate surface area is 267 Å². The molecule has 2 aromatic heterocycles. The molecule has 0 saturated heterocycles. The molecule has 3 aromatic rings. The first-order chi connectivity index (χ1) is 21.7. The lowest BCUT2D eigenvalue weighted by Crippen LogP contribution is -2.42. The second-order valence-electron chi connectivity index (χ2n) is 13.2. The van der Waals surface area contributed by atoms with Gasteiger partial charge in [-0.15, -0.1) is 0 Å². The summed E-state index contributed by atoms with van der Waals surface area (Å²) < 4.78 is 12.7. The van der Waals surface area contributed by atoms with Crippen molar-refractivity contribution in [2.75, 3.05) is 32.2 Å². The van der Waals surface area contributed by atoms with Crippen LogP contribution in [0.15, 0.2) is 48.9 Å². The lowest BCUT2D eigenvalue weighted by Gasteiger charge is -2.35. The fourth-order valence-electron chi connectivity index (χ4n) is 6.97. The van der Waals surface area contributed by atoms with Crippen LogP contribution in [-0.2, 0) is 9.53 Å². The summed E-state index contributed by atoms with van der Waals surface area (Å²) in [5.41, 5.74) is 4.59. The summed E-state index contributed by atoms with van der Waals surface area (Å²) in [6, 6.07) is 10.9. The Kier molecular flexibility index (Phi) is 10.8. The van der Waals surface area contributed by atoms with Gasteiger partial charge in [0, 0.05) is 43.5 Å². The van der Waals surface area contributed by atoms with E-state index in [2.05, 4.69) is 55.6 Å². The van der Waals surface area contributed by atoms with Crippen LogP contribution >= 0.6 is 0 Å². The van der Waals surface area contributed by atoms with Crippen LogP contribution in [0.1, 0.15) is 88.3 Å². The molecule has 0 atom stereocenters. The number of rotatable bonds is 10. The van der Waals surface area contributed by atoms with Crippen LogP contribution in [0.3, 0.4) is 0 Å². The largest absolute Gasteiger partial charge is 0.496 e. The van der Waals surface area contributed by atoms with Crippen molar-refractivity contribution in [2.24, 2.45) is 17.8 Å². The number of aryl methyl sites for hydroxylation is 1. The molecule has 0 radical (unpaired) electrons. The molecule has 1 aromatic carbocycles. The minimum absolute atomic E-state index is 0.0611. The van der Waals surface area contributed by atoms with Crippen molar-refractivity contribution in [3.63, 3.8) is 0 Å². The second-order valence-corrected chi connectivity index (χ2v) is 13.2. The van der Waals surface area contributed by atoms with Gasteiger partial charge in [0.1, 0.15) is 11.6 Å². The number of hydrogen-bond donors (Lipinski definition) is 1. The molecule has 2 aliphatic rings. The number of amides is 2. The van der Waals surface area contributed by atoms with Crippen molar-refractivity contribution in [3.8, 4) is 16.9 Å². The van der Waals surface area contributed by atoms with Crippen LogP contribution in [0.2, 0.25) is 0 Å². The van der Waals surface area contributed by atoms with Gasteiger partial charge in [0.25, 0.3) is 0 Å². The quantitative estimate of drug-likeness (QED) is 0.257. The van der Waals surface area contributed by atoms with E-state index in [1.807, 2.05) is 34.1 Å². The molecule has 0 unspecified atom stereocenters. The number of carbonyl (C=O) groups excluding carboxylic acids is 2. The summed E-state index contributed by atoms with van der Waals surface area (Å²) in [5.74, 6) is 2.98. The number of nitrogens with one attached hydrogen (secondary N) is 1. The van der Waals surface area contributed by atoms with Gasteiger partial charge in [-0.05, 0) is 125 Å². The summed E-state index contributed by atoms with van der Waals surface area (Å²) >= 11 is 0. The van der Waals surface area contributed by atoms with Gasteiger partial charge >= 0.3 is 6.09 Å². The molecule has 242 valence electrons. The fourth-order valence-corrected chi connectivity index (χ4v) is 6.97. The van der Waals surface area contributed by atoms with Crippen molar-refractivity contribution in [1.29, 1.82) is 0 Å². The summed E-state index contributed by atoms with van der Waals surface area (Å²) in [6.45, 7) is 7.40. The SMILES string of the molecule is CNC(=O)OCC1CCC(C(=O)N(CC2CCC(c3ccc(OC)c(C)c3)CC2)c2cc(-c3cnn(C(C)C)c3)ccn2)CC1. The van der Waals surface area contributed by atoms with E-state index in [-0.39, 0.29) is 23.8 Å². The van der Waals surface area contributed by atoms with E-state index in [9.17, 15) is 9.59 Å². The van der Waals surface area contributed by atoms with Gasteiger partial charge in [-0.2, -0.15) is 5.10 Å². The Bertz CT molecular complexity index is 1440. The number of alkyl carbamates (subject to hydrolysis) is 1. The van der Waals surface area contributed by atoms with Gasteiger partial charge in [0.2, 0.25) is 5.91 Å².